The van der Waals surface area contributed by atoms with Gasteiger partial charge < -0.3 is 10.2 Å². The molecule has 0 aromatic heterocycles. The number of hydrogen-bond donors (Lipinski definition) is 1. The Kier molecular flexibility index (Phi) is 3.57. The lowest BCUT2D eigenvalue weighted by atomic mass is 9.91. The molecule has 1 N–H and O–H groups in total. The highest BCUT2D eigenvalue weighted by atomic mass is 16.2. The first kappa shape index (κ1) is 12.4. The Bertz CT molecular complexity index is 320. The van der Waals surface area contributed by atoms with E-state index in [1.54, 1.807) is 0 Å². The van der Waals surface area contributed by atoms with E-state index in [0.29, 0.717) is 17.9 Å². The molecule has 4 heteroatoms. The van der Waals surface area contributed by atoms with Gasteiger partial charge >= 0.3 is 0 Å². The van der Waals surface area contributed by atoms with Crippen molar-refractivity contribution in [2.45, 2.75) is 44.7 Å². The van der Waals surface area contributed by atoms with Gasteiger partial charge in [-0.2, -0.15) is 0 Å². The third-order valence-electron chi connectivity index (χ3n) is 4.93. The van der Waals surface area contributed by atoms with E-state index in [1.165, 1.54) is 32.2 Å². The minimum absolute atomic E-state index is 0.0757. The number of rotatable bonds is 1. The van der Waals surface area contributed by atoms with E-state index in [2.05, 4.69) is 22.0 Å². The molecule has 18 heavy (non-hydrogen) atoms. The van der Waals surface area contributed by atoms with Crippen molar-refractivity contribution in [2.24, 2.45) is 5.92 Å². The fraction of sp³-hybridized carbons (Fsp3) is 0.929. The topological polar surface area (TPSA) is 35.6 Å². The summed E-state index contributed by atoms with van der Waals surface area (Å²) >= 11 is 0. The first-order chi connectivity index (χ1) is 8.75. The van der Waals surface area contributed by atoms with Gasteiger partial charge in [0, 0.05) is 25.7 Å². The highest BCUT2D eigenvalue weighted by molar-refractivity contribution is 5.82. The first-order valence-electron chi connectivity index (χ1n) is 7.52. The van der Waals surface area contributed by atoms with Crippen LogP contribution in [0.1, 0.15) is 32.6 Å². The van der Waals surface area contributed by atoms with Crippen LogP contribution in [0, 0.1) is 5.92 Å². The second-order valence-corrected chi connectivity index (χ2v) is 6.17. The van der Waals surface area contributed by atoms with Gasteiger partial charge in [0.25, 0.3) is 0 Å². The molecule has 0 saturated carbocycles. The summed E-state index contributed by atoms with van der Waals surface area (Å²) in [6.07, 6.45) is 4.98. The maximum absolute atomic E-state index is 12.6. The van der Waals surface area contributed by atoms with Crippen molar-refractivity contribution in [1.29, 1.82) is 0 Å². The number of piperidine rings is 1. The average Bonchev–Trinajstić information content (AvgIpc) is 2.85. The van der Waals surface area contributed by atoms with Crippen LogP contribution in [-0.4, -0.2) is 60.5 Å². The van der Waals surface area contributed by atoms with Crippen molar-refractivity contribution >= 4 is 5.91 Å². The molecule has 3 fully saturated rings. The summed E-state index contributed by atoms with van der Waals surface area (Å²) in [4.78, 5) is 17.3. The first-order valence-corrected chi connectivity index (χ1v) is 7.52. The van der Waals surface area contributed by atoms with Crippen molar-refractivity contribution < 1.29 is 4.79 Å². The van der Waals surface area contributed by atoms with Crippen LogP contribution < -0.4 is 5.32 Å². The molecule has 0 aliphatic carbocycles. The highest BCUT2D eigenvalue weighted by Gasteiger charge is 2.36. The summed E-state index contributed by atoms with van der Waals surface area (Å²) in [5, 5.41) is 3.42. The van der Waals surface area contributed by atoms with Gasteiger partial charge in [-0.1, -0.05) is 6.92 Å². The number of fused-ring (bicyclic) bond motifs is 1. The zero-order valence-corrected chi connectivity index (χ0v) is 11.4. The summed E-state index contributed by atoms with van der Waals surface area (Å²) < 4.78 is 0. The number of nitrogens with zero attached hydrogens (tertiary/aromatic N) is 2. The molecule has 3 unspecified atom stereocenters. The van der Waals surface area contributed by atoms with E-state index in [1.807, 2.05) is 0 Å². The average molecular weight is 251 g/mol. The molecule has 102 valence electrons. The smallest absolute Gasteiger partial charge is 0.240 e. The van der Waals surface area contributed by atoms with Crippen LogP contribution in [0.3, 0.4) is 0 Å². The fourth-order valence-corrected chi connectivity index (χ4v) is 3.77. The molecule has 3 atom stereocenters. The van der Waals surface area contributed by atoms with Crippen molar-refractivity contribution in [3.05, 3.63) is 0 Å². The summed E-state index contributed by atoms with van der Waals surface area (Å²) in [5.74, 6) is 0.849. The van der Waals surface area contributed by atoms with E-state index in [-0.39, 0.29) is 6.04 Å². The lowest BCUT2D eigenvalue weighted by Crippen LogP contribution is -2.58. The molecule has 3 aliphatic heterocycles. The van der Waals surface area contributed by atoms with Gasteiger partial charge in [-0.3, -0.25) is 9.69 Å². The summed E-state index contributed by atoms with van der Waals surface area (Å²) in [5.41, 5.74) is 0. The van der Waals surface area contributed by atoms with Crippen LogP contribution in [0.15, 0.2) is 0 Å². The second kappa shape index (κ2) is 5.17. The molecular weight excluding hydrogens is 226 g/mol. The Morgan fingerprint density at radius 1 is 1.17 bits per heavy atom. The molecule has 3 saturated heterocycles. The van der Waals surface area contributed by atoms with Crippen molar-refractivity contribution in [1.82, 2.24) is 15.1 Å². The Labute approximate surface area is 110 Å². The van der Waals surface area contributed by atoms with Gasteiger partial charge in [0.15, 0.2) is 0 Å². The normalized spacial score (nSPS) is 37.6. The number of piperazine rings is 1. The van der Waals surface area contributed by atoms with Gasteiger partial charge in [0.1, 0.15) is 0 Å². The predicted octanol–water partition coefficient (Wildman–Crippen LogP) is 0.681. The summed E-state index contributed by atoms with van der Waals surface area (Å²) in [6, 6.07) is 0.716. The van der Waals surface area contributed by atoms with Crippen LogP contribution in [-0.2, 0) is 4.79 Å². The third kappa shape index (κ3) is 2.28. The fourth-order valence-electron chi connectivity index (χ4n) is 3.77. The number of carbonyl (C=O) groups excluding carboxylic acids is 1. The Hall–Kier alpha value is -0.610. The molecule has 0 aromatic rings. The van der Waals surface area contributed by atoms with Crippen LogP contribution in [0.4, 0.5) is 0 Å². The lowest BCUT2D eigenvalue weighted by molar-refractivity contribution is -0.137. The van der Waals surface area contributed by atoms with Gasteiger partial charge in [-0.15, -0.1) is 0 Å². The van der Waals surface area contributed by atoms with E-state index in [4.69, 9.17) is 0 Å². The molecule has 0 spiro atoms. The van der Waals surface area contributed by atoms with Gasteiger partial charge in [-0.25, -0.2) is 0 Å². The Morgan fingerprint density at radius 2 is 2.06 bits per heavy atom. The van der Waals surface area contributed by atoms with E-state index in [9.17, 15) is 4.79 Å². The lowest BCUT2D eigenvalue weighted by Gasteiger charge is -2.40. The second-order valence-electron chi connectivity index (χ2n) is 6.17. The van der Waals surface area contributed by atoms with E-state index < -0.39 is 0 Å². The van der Waals surface area contributed by atoms with Crippen LogP contribution >= 0.6 is 0 Å². The molecule has 0 aromatic carbocycles. The van der Waals surface area contributed by atoms with E-state index in [0.717, 1.165) is 26.2 Å². The summed E-state index contributed by atoms with van der Waals surface area (Å²) in [7, 11) is 0. The zero-order chi connectivity index (χ0) is 12.5. The molecule has 0 radical (unpaired) electrons. The Balaban J connectivity index is 1.62. The Morgan fingerprint density at radius 3 is 2.89 bits per heavy atom. The van der Waals surface area contributed by atoms with Crippen molar-refractivity contribution in [2.75, 3.05) is 32.7 Å². The van der Waals surface area contributed by atoms with Crippen LogP contribution in [0.25, 0.3) is 0 Å². The number of amides is 1. The molecule has 0 bridgehead atoms. The molecule has 4 nitrogen and oxygen atoms in total. The van der Waals surface area contributed by atoms with Gasteiger partial charge in [0.05, 0.1) is 6.04 Å². The third-order valence-corrected chi connectivity index (χ3v) is 4.93. The standard InChI is InChI=1S/C14H25N3O/c1-11-4-2-6-15-13(11)14(18)17-9-8-16-7-3-5-12(16)10-17/h11-13,15H,2-10H2,1H3. The molecule has 3 heterocycles. The van der Waals surface area contributed by atoms with E-state index >= 15 is 0 Å². The maximum atomic E-state index is 12.6. The van der Waals surface area contributed by atoms with Crippen LogP contribution in [0.2, 0.25) is 0 Å². The van der Waals surface area contributed by atoms with Crippen molar-refractivity contribution in [3.8, 4) is 0 Å². The minimum atomic E-state index is 0.0757. The molecule has 1 amide bonds. The predicted molar refractivity (Wildman–Crippen MR) is 71.4 cm³/mol. The SMILES string of the molecule is CC1CCCNC1C(=O)N1CCN2CCCC2C1. The number of carbonyl (C=O) groups is 1. The quantitative estimate of drug-likeness (QED) is 0.744. The molecular formula is C14H25N3O. The zero-order valence-electron chi connectivity index (χ0n) is 11.4. The molecule has 3 aliphatic rings. The largest absolute Gasteiger partial charge is 0.338 e. The monoisotopic (exact) mass is 251 g/mol. The van der Waals surface area contributed by atoms with Crippen molar-refractivity contribution in [3.63, 3.8) is 0 Å². The maximum Gasteiger partial charge on any atom is 0.240 e. The number of nitrogens with one attached hydrogen (secondary N) is 1. The van der Waals surface area contributed by atoms with Gasteiger partial charge in [0.2, 0.25) is 5.91 Å². The molecule has 3 rings (SSSR count). The van der Waals surface area contributed by atoms with Crippen LogP contribution in [0.5, 0.6) is 0 Å². The van der Waals surface area contributed by atoms with Gasteiger partial charge in [-0.05, 0) is 44.7 Å². The highest BCUT2D eigenvalue weighted by Crippen LogP contribution is 2.24. The summed E-state index contributed by atoms with van der Waals surface area (Å²) in [6.45, 7) is 7.43. The minimum Gasteiger partial charge on any atom is -0.338 e. The number of hydrogen-bond acceptors (Lipinski definition) is 3.